The van der Waals surface area contributed by atoms with Crippen molar-refractivity contribution in [3.05, 3.63) is 0 Å². The van der Waals surface area contributed by atoms with E-state index in [1.807, 2.05) is 0 Å². The van der Waals surface area contributed by atoms with Crippen molar-refractivity contribution in [3.63, 3.8) is 0 Å². The molecule has 0 radical (unpaired) electrons. The lowest BCUT2D eigenvalue weighted by Gasteiger charge is -2.10. The molecule has 0 aliphatic rings. The summed E-state index contributed by atoms with van der Waals surface area (Å²) in [4.78, 5) is 0. The fourth-order valence-electron chi connectivity index (χ4n) is 1.03. The Hall–Kier alpha value is -0.830. The fourth-order valence-corrected chi connectivity index (χ4v) is 1.86. The molecule has 1 aromatic rings. The van der Waals surface area contributed by atoms with Crippen molar-refractivity contribution in [3.8, 4) is 0 Å². The van der Waals surface area contributed by atoms with Gasteiger partial charge in [0.05, 0.1) is 25.9 Å². The Labute approximate surface area is 104 Å². The van der Waals surface area contributed by atoms with Gasteiger partial charge in [0.15, 0.2) is 5.16 Å². The minimum Gasteiger partial charge on any atom is -0.390 e. The number of hydrogen-bond donors (Lipinski definition) is 2. The molecule has 1 unspecified atom stereocenters. The molecule has 0 amide bonds. The number of methoxy groups -OCH3 is 1. The molecule has 17 heavy (non-hydrogen) atoms. The van der Waals surface area contributed by atoms with Crippen LogP contribution < -0.4 is 5.73 Å². The van der Waals surface area contributed by atoms with Crippen molar-refractivity contribution < 1.29 is 14.6 Å². The van der Waals surface area contributed by atoms with Gasteiger partial charge in [0.1, 0.15) is 0 Å². The van der Waals surface area contributed by atoms with Crippen molar-refractivity contribution >= 4 is 17.7 Å². The summed E-state index contributed by atoms with van der Waals surface area (Å²) >= 11 is 1.39. The quantitative estimate of drug-likeness (QED) is 0.482. The van der Waals surface area contributed by atoms with Crippen LogP contribution in [-0.2, 0) is 16.5 Å². The zero-order valence-corrected chi connectivity index (χ0v) is 10.8. The summed E-state index contributed by atoms with van der Waals surface area (Å²) in [6, 6.07) is 0. The first-order chi connectivity index (χ1) is 8.15. The summed E-state index contributed by atoms with van der Waals surface area (Å²) in [6.07, 6.45) is -0.546. The van der Waals surface area contributed by atoms with E-state index in [0.717, 1.165) is 0 Å². The standard InChI is InChI=1S/C9H18N4O3S/c1-13-8(10)11-12-9(13)17-6-7(14)5-16-4-3-15-2/h7,14H,3-6H2,1-2H3,(H2,10,11). The minimum atomic E-state index is -0.546. The lowest BCUT2D eigenvalue weighted by atomic mass is 10.4. The molecule has 0 spiro atoms. The van der Waals surface area contributed by atoms with Gasteiger partial charge >= 0.3 is 0 Å². The molecule has 0 aliphatic carbocycles. The SMILES string of the molecule is COCCOCC(O)CSc1nnc(N)n1C. The third kappa shape index (κ3) is 4.90. The van der Waals surface area contributed by atoms with E-state index in [9.17, 15) is 5.11 Å². The highest BCUT2D eigenvalue weighted by Gasteiger charge is 2.10. The first-order valence-corrected chi connectivity index (χ1v) is 6.16. The Balaban J connectivity index is 2.19. The summed E-state index contributed by atoms with van der Waals surface area (Å²) in [5.74, 6) is 0.845. The number of aliphatic hydroxyl groups is 1. The van der Waals surface area contributed by atoms with Crippen LogP contribution in [0, 0.1) is 0 Å². The molecular formula is C9H18N4O3S. The number of anilines is 1. The fraction of sp³-hybridized carbons (Fsp3) is 0.778. The molecule has 0 fully saturated rings. The van der Waals surface area contributed by atoms with Crippen molar-refractivity contribution in [2.75, 3.05) is 38.4 Å². The first kappa shape index (κ1) is 14.2. The Morgan fingerprint density at radius 3 is 2.82 bits per heavy atom. The van der Waals surface area contributed by atoms with E-state index in [1.165, 1.54) is 11.8 Å². The zero-order valence-electron chi connectivity index (χ0n) is 10.00. The van der Waals surface area contributed by atoms with Crippen LogP contribution in [0.15, 0.2) is 5.16 Å². The molecule has 0 saturated heterocycles. The molecule has 1 heterocycles. The first-order valence-electron chi connectivity index (χ1n) is 5.17. The number of ether oxygens (including phenoxy) is 2. The Kier molecular flexibility index (Phi) is 6.27. The Morgan fingerprint density at radius 2 is 2.24 bits per heavy atom. The number of thioether (sulfide) groups is 1. The second kappa shape index (κ2) is 7.49. The van der Waals surface area contributed by atoms with Crippen LogP contribution >= 0.6 is 11.8 Å². The number of aromatic nitrogens is 3. The van der Waals surface area contributed by atoms with E-state index in [-0.39, 0.29) is 6.61 Å². The molecule has 0 bridgehead atoms. The largest absolute Gasteiger partial charge is 0.390 e. The summed E-state index contributed by atoms with van der Waals surface area (Å²) in [7, 11) is 3.38. The molecule has 1 rings (SSSR count). The van der Waals surface area contributed by atoms with Crippen molar-refractivity contribution in [2.24, 2.45) is 7.05 Å². The van der Waals surface area contributed by atoms with E-state index < -0.39 is 6.10 Å². The normalized spacial score (nSPS) is 12.9. The van der Waals surface area contributed by atoms with Crippen molar-refractivity contribution in [1.29, 1.82) is 0 Å². The molecule has 1 aromatic heterocycles. The summed E-state index contributed by atoms with van der Waals surface area (Å²) in [6.45, 7) is 1.29. The van der Waals surface area contributed by atoms with E-state index in [0.29, 0.717) is 30.1 Å². The highest BCUT2D eigenvalue weighted by molar-refractivity contribution is 7.99. The van der Waals surface area contributed by atoms with E-state index in [1.54, 1.807) is 18.7 Å². The second-order valence-corrected chi connectivity index (χ2v) is 4.42. The average Bonchev–Trinajstić information content (AvgIpc) is 2.63. The van der Waals surface area contributed by atoms with Gasteiger partial charge in [0.2, 0.25) is 5.95 Å². The van der Waals surface area contributed by atoms with Crippen molar-refractivity contribution in [1.82, 2.24) is 14.8 Å². The third-order valence-corrected chi connectivity index (χ3v) is 3.18. The van der Waals surface area contributed by atoms with Gasteiger partial charge in [-0.25, -0.2) is 0 Å². The maximum Gasteiger partial charge on any atom is 0.222 e. The second-order valence-electron chi connectivity index (χ2n) is 3.43. The van der Waals surface area contributed by atoms with Gasteiger partial charge in [0.25, 0.3) is 0 Å². The van der Waals surface area contributed by atoms with Crippen LogP contribution in [0.5, 0.6) is 0 Å². The van der Waals surface area contributed by atoms with Gasteiger partial charge in [0, 0.05) is 19.9 Å². The Bertz CT molecular complexity index is 334. The highest BCUT2D eigenvalue weighted by Crippen LogP contribution is 2.17. The van der Waals surface area contributed by atoms with Gasteiger partial charge in [-0.15, -0.1) is 10.2 Å². The third-order valence-electron chi connectivity index (χ3n) is 2.02. The molecule has 0 aromatic carbocycles. The Morgan fingerprint density at radius 1 is 1.47 bits per heavy atom. The maximum absolute atomic E-state index is 9.63. The van der Waals surface area contributed by atoms with Gasteiger partial charge in [-0.05, 0) is 0 Å². The number of nitrogen functional groups attached to an aromatic ring is 1. The van der Waals surface area contributed by atoms with Gasteiger partial charge in [-0.3, -0.25) is 4.57 Å². The average molecular weight is 262 g/mol. The monoisotopic (exact) mass is 262 g/mol. The van der Waals surface area contributed by atoms with Crippen LogP contribution in [0.3, 0.4) is 0 Å². The lowest BCUT2D eigenvalue weighted by molar-refractivity contribution is 0.0218. The molecule has 7 nitrogen and oxygen atoms in total. The number of hydrogen-bond acceptors (Lipinski definition) is 7. The molecule has 0 saturated carbocycles. The molecule has 3 N–H and O–H groups in total. The minimum absolute atomic E-state index is 0.281. The number of rotatable bonds is 8. The predicted octanol–water partition coefficient (Wildman–Crippen LogP) is -0.487. The summed E-state index contributed by atoms with van der Waals surface area (Å²) in [5.41, 5.74) is 5.54. The number of aliphatic hydroxyl groups excluding tert-OH is 1. The smallest absolute Gasteiger partial charge is 0.222 e. The van der Waals surface area contributed by atoms with Gasteiger partial charge in [-0.1, -0.05) is 11.8 Å². The predicted molar refractivity (Wildman–Crippen MR) is 64.8 cm³/mol. The molecule has 0 aliphatic heterocycles. The highest BCUT2D eigenvalue weighted by atomic mass is 32.2. The molecule has 8 heteroatoms. The molecule has 98 valence electrons. The van der Waals surface area contributed by atoms with E-state index >= 15 is 0 Å². The maximum atomic E-state index is 9.63. The van der Waals surface area contributed by atoms with E-state index in [2.05, 4.69) is 10.2 Å². The summed E-state index contributed by atoms with van der Waals surface area (Å²) in [5, 5.41) is 17.9. The van der Waals surface area contributed by atoms with Crippen LogP contribution in [0.1, 0.15) is 0 Å². The van der Waals surface area contributed by atoms with Crippen LogP contribution in [0.2, 0.25) is 0 Å². The number of nitrogens with two attached hydrogens (primary N) is 1. The number of nitrogens with zero attached hydrogens (tertiary/aromatic N) is 3. The van der Waals surface area contributed by atoms with Crippen molar-refractivity contribution in [2.45, 2.75) is 11.3 Å². The zero-order chi connectivity index (χ0) is 12.7. The van der Waals surface area contributed by atoms with Gasteiger partial charge < -0.3 is 20.3 Å². The lowest BCUT2D eigenvalue weighted by Crippen LogP contribution is -2.19. The topological polar surface area (TPSA) is 95.4 Å². The van der Waals surface area contributed by atoms with Crippen LogP contribution in [-0.4, -0.2) is 58.7 Å². The van der Waals surface area contributed by atoms with Crippen LogP contribution in [0.25, 0.3) is 0 Å². The molecular weight excluding hydrogens is 244 g/mol. The summed E-state index contributed by atoms with van der Waals surface area (Å²) < 4.78 is 11.7. The van der Waals surface area contributed by atoms with E-state index in [4.69, 9.17) is 15.2 Å². The van der Waals surface area contributed by atoms with Crippen LogP contribution in [0.4, 0.5) is 5.95 Å². The molecule has 1 atom stereocenters. The van der Waals surface area contributed by atoms with Gasteiger partial charge in [-0.2, -0.15) is 0 Å².